The predicted molar refractivity (Wildman–Crippen MR) is 75.4 cm³/mol. The van der Waals surface area contributed by atoms with Gasteiger partial charge in [-0.2, -0.15) is 0 Å². The number of anilines is 1. The van der Waals surface area contributed by atoms with Crippen LogP contribution in [0.4, 0.5) is 14.5 Å². The number of hydrogen-bond acceptors (Lipinski definition) is 2. The number of hydrogen-bond donors (Lipinski definition) is 1. The molecule has 0 unspecified atom stereocenters. The number of fused-ring (bicyclic) bond motifs is 1. The topological polar surface area (TPSA) is 24.9 Å². The molecule has 4 heteroatoms. The summed E-state index contributed by atoms with van der Waals surface area (Å²) in [5.74, 6) is -1.08. The highest BCUT2D eigenvalue weighted by Crippen LogP contribution is 2.23. The molecule has 0 saturated carbocycles. The van der Waals surface area contributed by atoms with Crippen LogP contribution in [0.1, 0.15) is 5.56 Å². The highest BCUT2D eigenvalue weighted by atomic mass is 19.1. The average molecular weight is 270 g/mol. The second kappa shape index (κ2) is 5.25. The van der Waals surface area contributed by atoms with E-state index in [0.717, 1.165) is 16.5 Å². The van der Waals surface area contributed by atoms with Gasteiger partial charge in [-0.1, -0.05) is 18.2 Å². The molecule has 1 N–H and O–H groups in total. The smallest absolute Gasteiger partial charge is 0.131 e. The summed E-state index contributed by atoms with van der Waals surface area (Å²) in [6, 6.07) is 11.4. The minimum absolute atomic E-state index is 0.0403. The van der Waals surface area contributed by atoms with E-state index in [1.54, 1.807) is 12.4 Å². The van der Waals surface area contributed by atoms with Gasteiger partial charge in [0.2, 0.25) is 0 Å². The van der Waals surface area contributed by atoms with Gasteiger partial charge >= 0.3 is 0 Å². The Morgan fingerprint density at radius 2 is 1.70 bits per heavy atom. The summed E-state index contributed by atoms with van der Waals surface area (Å²) in [5, 5.41) is 5.03. The maximum atomic E-state index is 13.6. The molecule has 0 radical (unpaired) electrons. The molecule has 0 spiro atoms. The normalized spacial score (nSPS) is 10.7. The lowest BCUT2D eigenvalue weighted by atomic mass is 10.1. The van der Waals surface area contributed by atoms with Gasteiger partial charge in [0.05, 0.1) is 0 Å². The minimum Gasteiger partial charge on any atom is -0.380 e. The minimum atomic E-state index is -0.542. The van der Waals surface area contributed by atoms with Crippen molar-refractivity contribution in [3.8, 4) is 0 Å². The molecule has 20 heavy (non-hydrogen) atoms. The summed E-state index contributed by atoms with van der Waals surface area (Å²) >= 11 is 0. The summed E-state index contributed by atoms with van der Waals surface area (Å²) in [6.45, 7) is 0.0972. The molecule has 0 aliphatic heterocycles. The van der Waals surface area contributed by atoms with Crippen molar-refractivity contribution < 1.29 is 8.78 Å². The zero-order valence-corrected chi connectivity index (χ0v) is 10.6. The van der Waals surface area contributed by atoms with Gasteiger partial charge in [0.1, 0.15) is 11.6 Å². The molecule has 0 bridgehead atoms. The maximum Gasteiger partial charge on any atom is 0.131 e. The SMILES string of the molecule is Fc1cccc(F)c1CNc1cccc2cnccc12. The van der Waals surface area contributed by atoms with E-state index >= 15 is 0 Å². The number of pyridine rings is 1. The highest BCUT2D eigenvalue weighted by molar-refractivity contribution is 5.93. The van der Waals surface area contributed by atoms with E-state index in [-0.39, 0.29) is 12.1 Å². The van der Waals surface area contributed by atoms with Crippen LogP contribution in [0.5, 0.6) is 0 Å². The Balaban J connectivity index is 1.91. The van der Waals surface area contributed by atoms with Gasteiger partial charge < -0.3 is 5.32 Å². The van der Waals surface area contributed by atoms with Crippen LogP contribution in [0.3, 0.4) is 0 Å². The molecule has 1 aromatic heterocycles. The van der Waals surface area contributed by atoms with Crippen LogP contribution in [0, 0.1) is 11.6 Å². The fourth-order valence-corrected chi connectivity index (χ4v) is 2.16. The Morgan fingerprint density at radius 1 is 0.950 bits per heavy atom. The summed E-state index contributed by atoms with van der Waals surface area (Å²) in [5.41, 5.74) is 0.867. The fourth-order valence-electron chi connectivity index (χ4n) is 2.16. The first-order valence-electron chi connectivity index (χ1n) is 6.25. The number of nitrogens with zero attached hydrogens (tertiary/aromatic N) is 1. The number of halogens is 2. The standard InChI is InChI=1S/C16H12F2N2/c17-14-4-2-5-15(18)13(14)10-20-16-6-1-3-11-9-19-8-7-12(11)16/h1-9,20H,10H2. The number of nitrogens with one attached hydrogen (secondary N) is 1. The zero-order chi connectivity index (χ0) is 13.9. The first-order chi connectivity index (χ1) is 9.75. The molecule has 0 fully saturated rings. The van der Waals surface area contributed by atoms with Crippen molar-refractivity contribution >= 4 is 16.5 Å². The molecular formula is C16H12F2N2. The molecule has 2 nitrogen and oxygen atoms in total. The van der Waals surface area contributed by atoms with E-state index in [1.807, 2.05) is 24.3 Å². The third kappa shape index (κ3) is 2.32. The van der Waals surface area contributed by atoms with Crippen molar-refractivity contribution in [2.45, 2.75) is 6.54 Å². The summed E-state index contributed by atoms with van der Waals surface area (Å²) in [7, 11) is 0. The van der Waals surface area contributed by atoms with Crippen LogP contribution in [-0.2, 0) is 6.54 Å². The van der Waals surface area contributed by atoms with Gasteiger partial charge in [-0.05, 0) is 24.3 Å². The van der Waals surface area contributed by atoms with E-state index in [2.05, 4.69) is 10.3 Å². The Kier molecular flexibility index (Phi) is 3.29. The molecule has 1 heterocycles. The quantitative estimate of drug-likeness (QED) is 0.774. The Morgan fingerprint density at radius 3 is 2.50 bits per heavy atom. The largest absolute Gasteiger partial charge is 0.380 e. The second-order valence-corrected chi connectivity index (χ2v) is 4.46. The molecule has 2 aromatic carbocycles. The first-order valence-corrected chi connectivity index (χ1v) is 6.25. The van der Waals surface area contributed by atoms with Crippen molar-refractivity contribution in [1.82, 2.24) is 4.98 Å². The molecule has 0 aliphatic carbocycles. The lowest BCUT2D eigenvalue weighted by Crippen LogP contribution is -2.04. The number of aromatic nitrogens is 1. The number of benzene rings is 2. The van der Waals surface area contributed by atoms with Crippen molar-refractivity contribution in [3.63, 3.8) is 0 Å². The van der Waals surface area contributed by atoms with Crippen LogP contribution >= 0.6 is 0 Å². The van der Waals surface area contributed by atoms with Gasteiger partial charge in [-0.25, -0.2) is 8.78 Å². The van der Waals surface area contributed by atoms with E-state index in [0.29, 0.717) is 0 Å². The van der Waals surface area contributed by atoms with Crippen molar-refractivity contribution in [2.75, 3.05) is 5.32 Å². The molecule has 100 valence electrons. The molecule has 0 aliphatic rings. The Hall–Kier alpha value is -2.49. The summed E-state index contributed by atoms with van der Waals surface area (Å²) in [4.78, 5) is 4.05. The number of rotatable bonds is 3. The van der Waals surface area contributed by atoms with Crippen LogP contribution < -0.4 is 5.32 Å². The Labute approximate surface area is 115 Å². The molecule has 3 aromatic rings. The van der Waals surface area contributed by atoms with E-state index in [9.17, 15) is 8.78 Å². The lowest BCUT2D eigenvalue weighted by molar-refractivity contribution is 0.560. The predicted octanol–water partition coefficient (Wildman–Crippen LogP) is 4.13. The van der Waals surface area contributed by atoms with E-state index in [4.69, 9.17) is 0 Å². The monoisotopic (exact) mass is 270 g/mol. The summed E-state index contributed by atoms with van der Waals surface area (Å²) in [6.07, 6.45) is 3.45. The van der Waals surface area contributed by atoms with E-state index < -0.39 is 11.6 Å². The van der Waals surface area contributed by atoms with Crippen molar-refractivity contribution in [1.29, 1.82) is 0 Å². The third-order valence-electron chi connectivity index (χ3n) is 3.20. The molecule has 3 rings (SSSR count). The second-order valence-electron chi connectivity index (χ2n) is 4.46. The first kappa shape index (κ1) is 12.5. The van der Waals surface area contributed by atoms with Crippen LogP contribution in [-0.4, -0.2) is 4.98 Å². The van der Waals surface area contributed by atoms with E-state index in [1.165, 1.54) is 18.2 Å². The van der Waals surface area contributed by atoms with Gasteiger partial charge in [-0.15, -0.1) is 0 Å². The molecule has 0 saturated heterocycles. The van der Waals surface area contributed by atoms with Crippen LogP contribution in [0.15, 0.2) is 54.9 Å². The van der Waals surface area contributed by atoms with Crippen molar-refractivity contribution in [3.05, 3.63) is 72.1 Å². The van der Waals surface area contributed by atoms with Gasteiger partial charge in [0.25, 0.3) is 0 Å². The summed E-state index contributed by atoms with van der Waals surface area (Å²) < 4.78 is 27.2. The van der Waals surface area contributed by atoms with Crippen molar-refractivity contribution in [2.24, 2.45) is 0 Å². The lowest BCUT2D eigenvalue weighted by Gasteiger charge is -2.10. The molecular weight excluding hydrogens is 258 g/mol. The maximum absolute atomic E-state index is 13.6. The third-order valence-corrected chi connectivity index (χ3v) is 3.20. The fraction of sp³-hybridized carbons (Fsp3) is 0.0625. The average Bonchev–Trinajstić information content (AvgIpc) is 2.47. The van der Waals surface area contributed by atoms with Gasteiger partial charge in [-0.3, -0.25) is 4.98 Å². The van der Waals surface area contributed by atoms with Gasteiger partial charge in [0.15, 0.2) is 0 Å². The van der Waals surface area contributed by atoms with Crippen LogP contribution in [0.25, 0.3) is 10.8 Å². The van der Waals surface area contributed by atoms with Gasteiger partial charge in [0, 0.05) is 41.0 Å². The zero-order valence-electron chi connectivity index (χ0n) is 10.6. The molecule has 0 amide bonds. The highest BCUT2D eigenvalue weighted by Gasteiger charge is 2.08. The Bertz CT molecular complexity index is 731. The molecule has 0 atom stereocenters. The van der Waals surface area contributed by atoms with Crippen LogP contribution in [0.2, 0.25) is 0 Å².